The number of benzene rings is 1. The lowest BCUT2D eigenvalue weighted by Crippen LogP contribution is -2.40. The van der Waals surface area contributed by atoms with Gasteiger partial charge in [0.1, 0.15) is 0 Å². The SMILES string of the molecule is COC1CCN(C(=O)c2ccc(NN)c(C)c2)CC1. The second kappa shape index (κ2) is 6.04. The number of amides is 1. The largest absolute Gasteiger partial charge is 0.381 e. The first-order chi connectivity index (χ1) is 9.15. The monoisotopic (exact) mass is 263 g/mol. The van der Waals surface area contributed by atoms with Crippen LogP contribution in [0.3, 0.4) is 0 Å². The van der Waals surface area contributed by atoms with E-state index in [1.165, 1.54) is 0 Å². The van der Waals surface area contributed by atoms with E-state index in [1.54, 1.807) is 7.11 Å². The minimum Gasteiger partial charge on any atom is -0.381 e. The fourth-order valence-electron chi connectivity index (χ4n) is 2.44. The summed E-state index contributed by atoms with van der Waals surface area (Å²) in [5.41, 5.74) is 5.14. The van der Waals surface area contributed by atoms with Crippen LogP contribution in [0.15, 0.2) is 18.2 Å². The van der Waals surface area contributed by atoms with Crippen LogP contribution in [0.1, 0.15) is 28.8 Å². The molecule has 1 amide bonds. The number of rotatable bonds is 3. The molecule has 1 aliphatic rings. The second-order valence-corrected chi connectivity index (χ2v) is 4.90. The number of nitrogens with two attached hydrogens (primary N) is 1. The Balaban J connectivity index is 2.06. The minimum absolute atomic E-state index is 0.0845. The Morgan fingerprint density at radius 3 is 2.63 bits per heavy atom. The summed E-state index contributed by atoms with van der Waals surface area (Å²) < 4.78 is 5.31. The molecule has 1 aliphatic heterocycles. The summed E-state index contributed by atoms with van der Waals surface area (Å²) in [7, 11) is 1.73. The number of nitrogens with one attached hydrogen (secondary N) is 1. The van der Waals surface area contributed by atoms with E-state index < -0.39 is 0 Å². The number of nitrogen functional groups attached to an aromatic ring is 1. The van der Waals surface area contributed by atoms with Gasteiger partial charge in [0.2, 0.25) is 0 Å². The highest BCUT2D eigenvalue weighted by molar-refractivity contribution is 5.95. The van der Waals surface area contributed by atoms with Crippen LogP contribution >= 0.6 is 0 Å². The molecule has 0 saturated carbocycles. The number of ether oxygens (including phenoxy) is 1. The number of nitrogens with zero attached hydrogens (tertiary/aromatic N) is 1. The summed E-state index contributed by atoms with van der Waals surface area (Å²) in [6.07, 6.45) is 2.10. The standard InChI is InChI=1S/C14H21N3O2/c1-10-9-11(3-4-13(10)16-15)14(18)17-7-5-12(19-2)6-8-17/h3-4,9,12,16H,5-8,15H2,1-2H3. The maximum Gasteiger partial charge on any atom is 0.253 e. The molecule has 0 aliphatic carbocycles. The highest BCUT2D eigenvalue weighted by atomic mass is 16.5. The minimum atomic E-state index is 0.0845. The molecule has 0 atom stereocenters. The Kier molecular flexibility index (Phi) is 4.39. The van der Waals surface area contributed by atoms with Crippen molar-refractivity contribution in [3.63, 3.8) is 0 Å². The van der Waals surface area contributed by atoms with Crippen molar-refractivity contribution in [1.82, 2.24) is 4.90 Å². The zero-order valence-corrected chi connectivity index (χ0v) is 11.5. The van der Waals surface area contributed by atoms with Gasteiger partial charge in [-0.3, -0.25) is 10.6 Å². The first-order valence-electron chi connectivity index (χ1n) is 6.55. The summed E-state index contributed by atoms with van der Waals surface area (Å²) >= 11 is 0. The summed E-state index contributed by atoms with van der Waals surface area (Å²) in [6.45, 7) is 3.45. The van der Waals surface area contributed by atoms with Crippen LogP contribution in [-0.4, -0.2) is 37.1 Å². The predicted molar refractivity (Wildman–Crippen MR) is 74.9 cm³/mol. The predicted octanol–water partition coefficient (Wildman–Crippen LogP) is 1.53. The van der Waals surface area contributed by atoms with Crippen LogP contribution < -0.4 is 11.3 Å². The van der Waals surface area contributed by atoms with Gasteiger partial charge in [0.25, 0.3) is 5.91 Å². The van der Waals surface area contributed by atoms with E-state index in [-0.39, 0.29) is 12.0 Å². The highest BCUT2D eigenvalue weighted by Crippen LogP contribution is 2.19. The number of hydrogen-bond donors (Lipinski definition) is 2. The zero-order chi connectivity index (χ0) is 13.8. The van der Waals surface area contributed by atoms with E-state index in [4.69, 9.17) is 10.6 Å². The Hall–Kier alpha value is -1.59. The molecule has 0 bridgehead atoms. The van der Waals surface area contributed by atoms with Crippen LogP contribution in [0, 0.1) is 6.92 Å². The number of methoxy groups -OCH3 is 1. The fraction of sp³-hybridized carbons (Fsp3) is 0.500. The van der Waals surface area contributed by atoms with Crippen molar-refractivity contribution in [2.24, 2.45) is 5.84 Å². The smallest absolute Gasteiger partial charge is 0.253 e. The van der Waals surface area contributed by atoms with Gasteiger partial charge >= 0.3 is 0 Å². The van der Waals surface area contributed by atoms with Gasteiger partial charge in [-0.25, -0.2) is 0 Å². The van der Waals surface area contributed by atoms with Crippen molar-refractivity contribution in [2.45, 2.75) is 25.9 Å². The molecule has 1 heterocycles. The summed E-state index contributed by atoms with van der Waals surface area (Å²) in [6, 6.07) is 5.53. The fourth-order valence-corrected chi connectivity index (χ4v) is 2.44. The number of carbonyl (C=O) groups is 1. The van der Waals surface area contributed by atoms with Gasteiger partial charge in [-0.2, -0.15) is 0 Å². The summed E-state index contributed by atoms with van der Waals surface area (Å²) in [5.74, 6) is 5.48. The van der Waals surface area contributed by atoms with Crippen molar-refractivity contribution < 1.29 is 9.53 Å². The number of aryl methyl sites for hydroxylation is 1. The van der Waals surface area contributed by atoms with Crippen LogP contribution in [0.25, 0.3) is 0 Å². The van der Waals surface area contributed by atoms with Gasteiger partial charge in [0.15, 0.2) is 0 Å². The molecule has 0 aromatic heterocycles. The van der Waals surface area contributed by atoms with Crippen LogP contribution in [0.2, 0.25) is 0 Å². The molecule has 1 saturated heterocycles. The summed E-state index contributed by atoms with van der Waals surface area (Å²) in [5, 5.41) is 0. The summed E-state index contributed by atoms with van der Waals surface area (Å²) in [4.78, 5) is 14.3. The first-order valence-corrected chi connectivity index (χ1v) is 6.55. The molecule has 2 rings (SSSR count). The molecule has 1 aromatic rings. The highest BCUT2D eigenvalue weighted by Gasteiger charge is 2.23. The van der Waals surface area contributed by atoms with E-state index in [0.717, 1.165) is 37.2 Å². The van der Waals surface area contributed by atoms with E-state index in [2.05, 4.69) is 5.43 Å². The lowest BCUT2D eigenvalue weighted by atomic mass is 10.0. The Labute approximate surface area is 113 Å². The maximum absolute atomic E-state index is 12.4. The average molecular weight is 263 g/mol. The molecular weight excluding hydrogens is 242 g/mol. The molecule has 19 heavy (non-hydrogen) atoms. The Morgan fingerprint density at radius 1 is 1.42 bits per heavy atom. The average Bonchev–Trinajstić information content (AvgIpc) is 2.46. The maximum atomic E-state index is 12.4. The Bertz CT molecular complexity index is 454. The van der Waals surface area contributed by atoms with E-state index in [0.29, 0.717) is 5.56 Å². The van der Waals surface area contributed by atoms with Crippen LogP contribution in [0.4, 0.5) is 5.69 Å². The van der Waals surface area contributed by atoms with Gasteiger partial charge in [-0.1, -0.05) is 0 Å². The molecule has 104 valence electrons. The molecule has 3 N–H and O–H groups in total. The van der Waals surface area contributed by atoms with Gasteiger partial charge in [0.05, 0.1) is 11.8 Å². The van der Waals surface area contributed by atoms with E-state index >= 15 is 0 Å². The number of likely N-dealkylation sites (tertiary alicyclic amines) is 1. The van der Waals surface area contributed by atoms with Crippen LogP contribution in [0.5, 0.6) is 0 Å². The number of hydrogen-bond acceptors (Lipinski definition) is 4. The van der Waals surface area contributed by atoms with Gasteiger partial charge in [-0.15, -0.1) is 0 Å². The van der Waals surface area contributed by atoms with Crippen molar-refractivity contribution >= 4 is 11.6 Å². The number of hydrazine groups is 1. The number of carbonyl (C=O) groups excluding carboxylic acids is 1. The third kappa shape index (κ3) is 3.05. The van der Waals surface area contributed by atoms with Gasteiger partial charge < -0.3 is 15.1 Å². The molecule has 1 fully saturated rings. The third-order valence-corrected chi connectivity index (χ3v) is 3.69. The molecule has 0 spiro atoms. The topological polar surface area (TPSA) is 67.6 Å². The quantitative estimate of drug-likeness (QED) is 0.641. The van der Waals surface area contributed by atoms with E-state index in [9.17, 15) is 4.79 Å². The molecule has 1 aromatic carbocycles. The molecular formula is C14H21N3O2. The number of anilines is 1. The van der Waals surface area contributed by atoms with Crippen molar-refractivity contribution in [1.29, 1.82) is 0 Å². The molecule has 0 radical (unpaired) electrons. The molecule has 5 nitrogen and oxygen atoms in total. The molecule has 0 unspecified atom stereocenters. The van der Waals surface area contributed by atoms with Crippen molar-refractivity contribution in [3.8, 4) is 0 Å². The lowest BCUT2D eigenvalue weighted by molar-refractivity contribution is 0.0351. The Morgan fingerprint density at radius 2 is 2.11 bits per heavy atom. The lowest BCUT2D eigenvalue weighted by Gasteiger charge is -2.31. The normalized spacial score (nSPS) is 16.5. The van der Waals surface area contributed by atoms with E-state index in [1.807, 2.05) is 30.0 Å². The van der Waals surface area contributed by atoms with Crippen molar-refractivity contribution in [2.75, 3.05) is 25.6 Å². The zero-order valence-electron chi connectivity index (χ0n) is 11.5. The van der Waals surface area contributed by atoms with Gasteiger partial charge in [-0.05, 0) is 43.5 Å². The molecule has 5 heteroatoms. The van der Waals surface area contributed by atoms with Gasteiger partial charge in [0, 0.05) is 25.8 Å². The third-order valence-electron chi connectivity index (χ3n) is 3.69. The number of piperidine rings is 1. The first kappa shape index (κ1) is 13.8. The second-order valence-electron chi connectivity index (χ2n) is 4.90. The van der Waals surface area contributed by atoms with Crippen molar-refractivity contribution in [3.05, 3.63) is 29.3 Å². The van der Waals surface area contributed by atoms with Crippen LogP contribution in [-0.2, 0) is 4.74 Å².